The predicted octanol–water partition coefficient (Wildman–Crippen LogP) is 2.92. The van der Waals surface area contributed by atoms with Crippen LogP contribution in [0.5, 0.6) is 11.5 Å². The zero-order valence-corrected chi connectivity index (χ0v) is 14.5. The number of amides is 1. The van der Waals surface area contributed by atoms with E-state index in [1.54, 1.807) is 12.1 Å². The molecule has 3 rings (SSSR count). The van der Waals surface area contributed by atoms with Crippen molar-refractivity contribution in [3.8, 4) is 11.5 Å². The van der Waals surface area contributed by atoms with Crippen molar-refractivity contribution in [1.82, 2.24) is 4.90 Å². The normalized spacial score (nSPS) is 15.8. The van der Waals surface area contributed by atoms with Crippen molar-refractivity contribution in [3.63, 3.8) is 0 Å². The van der Waals surface area contributed by atoms with Crippen LogP contribution in [-0.2, 0) is 11.2 Å². The summed E-state index contributed by atoms with van der Waals surface area (Å²) >= 11 is 0. The Morgan fingerprint density at radius 2 is 1.96 bits per heavy atom. The first kappa shape index (κ1) is 18.5. The molecule has 2 aromatic carbocycles. The zero-order valence-electron chi connectivity index (χ0n) is 14.5. The topological polar surface area (TPSA) is 96.3 Å². The number of halogens is 1. The van der Waals surface area contributed by atoms with Crippen LogP contribution >= 0.6 is 0 Å². The van der Waals surface area contributed by atoms with E-state index in [0.29, 0.717) is 17.7 Å². The van der Waals surface area contributed by atoms with Crippen molar-refractivity contribution >= 4 is 12.1 Å². The highest BCUT2D eigenvalue weighted by molar-refractivity contribution is 5.69. The van der Waals surface area contributed by atoms with E-state index in [-0.39, 0.29) is 17.9 Å². The van der Waals surface area contributed by atoms with Crippen molar-refractivity contribution in [3.05, 3.63) is 58.9 Å². The maximum atomic E-state index is 14.0. The lowest BCUT2D eigenvalue weighted by molar-refractivity contribution is -0.139. The summed E-state index contributed by atoms with van der Waals surface area (Å²) in [4.78, 5) is 23.9. The largest absolute Gasteiger partial charge is 0.497 e. The van der Waals surface area contributed by atoms with E-state index in [1.807, 2.05) is 6.07 Å². The Hall–Kier alpha value is -3.29. The SMILES string of the molecule is COc1ccc2c(c1)C(c1cc(F)ccc1OCC(=O)O)N(C(=O)O)CC2. The fourth-order valence-electron chi connectivity index (χ4n) is 3.27. The number of hydrogen-bond acceptors (Lipinski definition) is 4. The van der Waals surface area contributed by atoms with Crippen LogP contribution in [0.2, 0.25) is 0 Å². The first-order valence-corrected chi connectivity index (χ1v) is 8.21. The Balaban J connectivity index is 2.16. The van der Waals surface area contributed by atoms with Crippen LogP contribution in [0.15, 0.2) is 36.4 Å². The van der Waals surface area contributed by atoms with Crippen LogP contribution in [0.1, 0.15) is 22.7 Å². The standard InChI is InChI=1S/C19H18FNO6/c1-26-13-4-2-11-6-7-21(19(24)25)18(14(11)9-13)15-8-12(20)3-5-16(15)27-10-17(22)23/h2-5,8-9,18H,6-7,10H2,1H3,(H,22,23)(H,24,25). The fraction of sp³-hybridized carbons (Fsp3) is 0.263. The lowest BCUT2D eigenvalue weighted by atomic mass is 9.87. The number of carboxylic acid groups (broad SMARTS) is 2. The van der Waals surface area contributed by atoms with E-state index in [0.717, 1.165) is 11.6 Å². The van der Waals surface area contributed by atoms with Crippen LogP contribution in [0.25, 0.3) is 0 Å². The number of rotatable bonds is 5. The maximum absolute atomic E-state index is 14.0. The van der Waals surface area contributed by atoms with Crippen LogP contribution in [0.4, 0.5) is 9.18 Å². The summed E-state index contributed by atoms with van der Waals surface area (Å²) in [6.45, 7) is -0.405. The highest BCUT2D eigenvalue weighted by Crippen LogP contribution is 2.41. The molecule has 1 aliphatic heterocycles. The number of carboxylic acids is 1. The molecular formula is C19H18FNO6. The molecule has 0 aromatic heterocycles. The van der Waals surface area contributed by atoms with E-state index in [2.05, 4.69) is 0 Å². The third kappa shape index (κ3) is 3.79. The van der Waals surface area contributed by atoms with Gasteiger partial charge in [0.15, 0.2) is 6.61 Å². The van der Waals surface area contributed by atoms with Gasteiger partial charge in [0.25, 0.3) is 0 Å². The molecule has 1 unspecified atom stereocenters. The second-order valence-corrected chi connectivity index (χ2v) is 6.06. The van der Waals surface area contributed by atoms with Crippen molar-refractivity contribution < 1.29 is 33.7 Å². The van der Waals surface area contributed by atoms with Crippen LogP contribution < -0.4 is 9.47 Å². The quantitative estimate of drug-likeness (QED) is 0.834. The zero-order chi connectivity index (χ0) is 19.6. The Labute approximate surface area is 154 Å². The Morgan fingerprint density at radius 1 is 1.19 bits per heavy atom. The molecule has 0 saturated heterocycles. The average Bonchev–Trinajstić information content (AvgIpc) is 2.65. The van der Waals surface area contributed by atoms with Gasteiger partial charge >= 0.3 is 12.1 Å². The van der Waals surface area contributed by atoms with Gasteiger partial charge in [-0.2, -0.15) is 0 Å². The van der Waals surface area contributed by atoms with Crippen molar-refractivity contribution in [2.75, 3.05) is 20.3 Å². The van der Waals surface area contributed by atoms with Gasteiger partial charge in [0.2, 0.25) is 0 Å². The number of methoxy groups -OCH3 is 1. The summed E-state index contributed by atoms with van der Waals surface area (Å²) in [7, 11) is 1.50. The van der Waals surface area contributed by atoms with Crippen LogP contribution in [0.3, 0.4) is 0 Å². The number of benzene rings is 2. The lowest BCUT2D eigenvalue weighted by Gasteiger charge is -2.36. The Kier molecular flexibility index (Phi) is 5.16. The molecule has 1 amide bonds. The number of nitrogens with zero attached hydrogens (tertiary/aromatic N) is 1. The minimum Gasteiger partial charge on any atom is -0.497 e. The molecule has 27 heavy (non-hydrogen) atoms. The lowest BCUT2D eigenvalue weighted by Crippen LogP contribution is -2.40. The first-order valence-electron chi connectivity index (χ1n) is 8.21. The molecule has 2 N–H and O–H groups in total. The minimum absolute atomic E-state index is 0.116. The molecule has 0 fully saturated rings. The molecule has 1 aliphatic rings. The second-order valence-electron chi connectivity index (χ2n) is 6.06. The molecule has 0 spiro atoms. The first-order chi connectivity index (χ1) is 12.9. The Morgan fingerprint density at radius 3 is 2.63 bits per heavy atom. The molecule has 1 heterocycles. The van der Waals surface area contributed by atoms with Gasteiger partial charge in [0, 0.05) is 12.1 Å². The monoisotopic (exact) mass is 375 g/mol. The summed E-state index contributed by atoms with van der Waals surface area (Å²) in [6, 6.07) is 8.11. The molecule has 0 aliphatic carbocycles. The van der Waals surface area contributed by atoms with Crippen molar-refractivity contribution in [1.29, 1.82) is 0 Å². The highest BCUT2D eigenvalue weighted by atomic mass is 19.1. The van der Waals surface area contributed by atoms with Gasteiger partial charge in [-0.05, 0) is 47.9 Å². The van der Waals surface area contributed by atoms with Crippen molar-refractivity contribution in [2.24, 2.45) is 0 Å². The Bertz CT molecular complexity index is 884. The summed E-state index contributed by atoms with van der Waals surface area (Å²) in [5, 5.41) is 18.5. The number of hydrogen-bond donors (Lipinski definition) is 2. The fourth-order valence-corrected chi connectivity index (χ4v) is 3.27. The van der Waals surface area contributed by atoms with Crippen LogP contribution in [0, 0.1) is 5.82 Å². The van der Waals surface area contributed by atoms with Gasteiger partial charge < -0.3 is 19.7 Å². The summed E-state index contributed by atoms with van der Waals surface area (Å²) in [5.41, 5.74) is 1.80. The molecule has 0 saturated carbocycles. The second kappa shape index (κ2) is 7.53. The summed E-state index contributed by atoms with van der Waals surface area (Å²) < 4.78 is 24.5. The molecule has 7 nitrogen and oxygen atoms in total. The van der Waals surface area contributed by atoms with Gasteiger partial charge in [0.1, 0.15) is 17.3 Å². The van der Waals surface area contributed by atoms with Gasteiger partial charge in [-0.25, -0.2) is 14.0 Å². The van der Waals surface area contributed by atoms with Gasteiger partial charge in [-0.15, -0.1) is 0 Å². The van der Waals surface area contributed by atoms with Gasteiger partial charge in [-0.3, -0.25) is 4.90 Å². The molecule has 0 bridgehead atoms. The molecule has 2 aromatic rings. The van der Waals surface area contributed by atoms with E-state index in [4.69, 9.17) is 14.6 Å². The number of carbonyl (C=O) groups is 2. The number of aliphatic carboxylic acids is 1. The number of fused-ring (bicyclic) bond motifs is 1. The average molecular weight is 375 g/mol. The van der Waals surface area contributed by atoms with Crippen LogP contribution in [-0.4, -0.2) is 47.4 Å². The summed E-state index contributed by atoms with van der Waals surface area (Å²) in [6.07, 6.45) is -0.662. The number of ether oxygens (including phenoxy) is 2. The smallest absolute Gasteiger partial charge is 0.408 e. The van der Waals surface area contributed by atoms with E-state index < -0.39 is 30.5 Å². The van der Waals surface area contributed by atoms with Gasteiger partial charge in [0.05, 0.1) is 13.2 Å². The van der Waals surface area contributed by atoms with Gasteiger partial charge in [-0.1, -0.05) is 6.07 Å². The maximum Gasteiger partial charge on any atom is 0.408 e. The predicted molar refractivity (Wildman–Crippen MR) is 92.8 cm³/mol. The molecule has 0 radical (unpaired) electrons. The third-order valence-corrected chi connectivity index (χ3v) is 4.44. The molecule has 8 heteroatoms. The van der Waals surface area contributed by atoms with E-state index in [9.17, 15) is 19.1 Å². The third-order valence-electron chi connectivity index (χ3n) is 4.44. The highest BCUT2D eigenvalue weighted by Gasteiger charge is 2.34. The van der Waals surface area contributed by atoms with E-state index in [1.165, 1.54) is 24.1 Å². The molecule has 1 atom stereocenters. The summed E-state index contributed by atoms with van der Waals surface area (Å²) in [5.74, 6) is -1.11. The molecular weight excluding hydrogens is 357 g/mol. The van der Waals surface area contributed by atoms with Crippen molar-refractivity contribution in [2.45, 2.75) is 12.5 Å². The minimum atomic E-state index is -1.19. The van der Waals surface area contributed by atoms with E-state index >= 15 is 0 Å². The molecule has 142 valence electrons.